The van der Waals surface area contributed by atoms with Crippen molar-refractivity contribution >= 4 is 5.91 Å². The van der Waals surface area contributed by atoms with Gasteiger partial charge in [-0.2, -0.15) is 0 Å². The standard InChI is InChI=1S/C22H28N2O3/c1-2-18-8-10-20(11-9-18)27-17-22(25)23-14-21-16-24(12-13-26-21)15-19-6-4-3-5-7-19/h3-11,21H,2,12-17H2,1H3,(H,23,25). The number of ether oxygens (including phenoxy) is 2. The molecule has 3 rings (SSSR count). The van der Waals surface area contributed by atoms with Gasteiger partial charge in [-0.05, 0) is 29.7 Å². The van der Waals surface area contributed by atoms with Gasteiger partial charge in [-0.25, -0.2) is 0 Å². The Labute approximate surface area is 161 Å². The van der Waals surface area contributed by atoms with Crippen LogP contribution in [0.2, 0.25) is 0 Å². The van der Waals surface area contributed by atoms with Crippen LogP contribution in [0.1, 0.15) is 18.1 Å². The molecule has 1 atom stereocenters. The van der Waals surface area contributed by atoms with Gasteiger partial charge in [0.05, 0.1) is 12.7 Å². The van der Waals surface area contributed by atoms with Crippen LogP contribution in [-0.4, -0.2) is 49.8 Å². The summed E-state index contributed by atoms with van der Waals surface area (Å²) in [5.41, 5.74) is 2.55. The van der Waals surface area contributed by atoms with E-state index in [9.17, 15) is 4.79 Å². The number of benzene rings is 2. The topological polar surface area (TPSA) is 50.8 Å². The van der Waals surface area contributed by atoms with Crippen LogP contribution in [-0.2, 0) is 22.5 Å². The number of morpholine rings is 1. The summed E-state index contributed by atoms with van der Waals surface area (Å²) in [7, 11) is 0. The van der Waals surface area contributed by atoms with Crippen molar-refractivity contribution in [3.63, 3.8) is 0 Å². The molecule has 1 heterocycles. The molecule has 1 aliphatic rings. The maximum Gasteiger partial charge on any atom is 0.258 e. The third kappa shape index (κ3) is 6.38. The number of nitrogens with one attached hydrogen (secondary N) is 1. The molecule has 2 aromatic rings. The normalized spacial score (nSPS) is 17.4. The Kier molecular flexibility index (Phi) is 7.25. The molecule has 0 spiro atoms. The lowest BCUT2D eigenvalue weighted by molar-refractivity contribution is -0.124. The van der Waals surface area contributed by atoms with E-state index >= 15 is 0 Å². The van der Waals surface area contributed by atoms with Crippen LogP contribution in [0, 0.1) is 0 Å². The zero-order valence-electron chi connectivity index (χ0n) is 15.9. The van der Waals surface area contributed by atoms with Crippen molar-refractivity contribution in [2.75, 3.05) is 32.8 Å². The number of nitrogens with zero attached hydrogens (tertiary/aromatic N) is 1. The van der Waals surface area contributed by atoms with E-state index in [-0.39, 0.29) is 18.6 Å². The average molecular weight is 368 g/mol. The molecule has 1 unspecified atom stereocenters. The first kappa shape index (κ1) is 19.4. The van der Waals surface area contributed by atoms with Crippen LogP contribution in [0.25, 0.3) is 0 Å². The fourth-order valence-corrected chi connectivity index (χ4v) is 3.14. The molecule has 0 saturated carbocycles. The molecular weight excluding hydrogens is 340 g/mol. The van der Waals surface area contributed by atoms with Crippen LogP contribution in [0.3, 0.4) is 0 Å². The fraction of sp³-hybridized carbons (Fsp3) is 0.409. The second kappa shape index (κ2) is 10.1. The van der Waals surface area contributed by atoms with Crippen LogP contribution in [0.15, 0.2) is 54.6 Å². The molecule has 0 aromatic heterocycles. The first-order valence-corrected chi connectivity index (χ1v) is 9.59. The minimum atomic E-state index is -0.127. The Bertz CT molecular complexity index is 703. The first-order chi connectivity index (χ1) is 13.2. The van der Waals surface area contributed by atoms with E-state index in [2.05, 4.69) is 41.4 Å². The van der Waals surface area contributed by atoms with E-state index in [1.165, 1.54) is 11.1 Å². The minimum absolute atomic E-state index is 0.00949. The Morgan fingerprint density at radius 3 is 2.67 bits per heavy atom. The van der Waals surface area contributed by atoms with E-state index < -0.39 is 0 Å². The number of carbonyl (C=O) groups is 1. The summed E-state index contributed by atoms with van der Waals surface area (Å²) >= 11 is 0. The molecule has 1 N–H and O–H groups in total. The smallest absolute Gasteiger partial charge is 0.258 e. The highest BCUT2D eigenvalue weighted by Gasteiger charge is 2.21. The molecular formula is C22H28N2O3. The SMILES string of the molecule is CCc1ccc(OCC(=O)NCC2CN(Cc3ccccc3)CCO2)cc1. The van der Waals surface area contributed by atoms with E-state index in [1.807, 2.05) is 30.3 Å². The number of hydrogen-bond donors (Lipinski definition) is 1. The molecule has 1 fully saturated rings. The average Bonchev–Trinajstić information content (AvgIpc) is 2.72. The maximum atomic E-state index is 12.0. The van der Waals surface area contributed by atoms with Crippen molar-refractivity contribution in [1.82, 2.24) is 10.2 Å². The molecule has 0 bridgehead atoms. The predicted molar refractivity (Wildman–Crippen MR) is 106 cm³/mol. The summed E-state index contributed by atoms with van der Waals surface area (Å²) in [5.74, 6) is 0.587. The lowest BCUT2D eigenvalue weighted by Crippen LogP contribution is -2.47. The maximum absolute atomic E-state index is 12.0. The summed E-state index contributed by atoms with van der Waals surface area (Å²) < 4.78 is 11.3. The molecule has 2 aromatic carbocycles. The van der Waals surface area contributed by atoms with Crippen molar-refractivity contribution < 1.29 is 14.3 Å². The molecule has 1 aliphatic heterocycles. The van der Waals surface area contributed by atoms with Crippen molar-refractivity contribution in [3.05, 3.63) is 65.7 Å². The molecule has 5 nitrogen and oxygen atoms in total. The van der Waals surface area contributed by atoms with Gasteiger partial charge in [-0.1, -0.05) is 49.4 Å². The van der Waals surface area contributed by atoms with Gasteiger partial charge in [-0.3, -0.25) is 9.69 Å². The van der Waals surface area contributed by atoms with Gasteiger partial charge in [0.2, 0.25) is 0 Å². The third-order valence-corrected chi connectivity index (χ3v) is 4.70. The highest BCUT2D eigenvalue weighted by Crippen LogP contribution is 2.12. The summed E-state index contributed by atoms with van der Waals surface area (Å²) in [4.78, 5) is 14.4. The van der Waals surface area contributed by atoms with Crippen LogP contribution >= 0.6 is 0 Å². The fourth-order valence-electron chi connectivity index (χ4n) is 3.14. The highest BCUT2D eigenvalue weighted by molar-refractivity contribution is 5.77. The van der Waals surface area contributed by atoms with Gasteiger partial charge in [0.1, 0.15) is 5.75 Å². The molecule has 5 heteroatoms. The third-order valence-electron chi connectivity index (χ3n) is 4.70. The molecule has 144 valence electrons. The van der Waals surface area contributed by atoms with Crippen LogP contribution in [0.4, 0.5) is 0 Å². The molecule has 0 aliphatic carbocycles. The van der Waals surface area contributed by atoms with E-state index in [0.717, 1.165) is 26.1 Å². The monoisotopic (exact) mass is 368 g/mol. The van der Waals surface area contributed by atoms with Gasteiger partial charge < -0.3 is 14.8 Å². The quantitative estimate of drug-likeness (QED) is 0.778. The van der Waals surface area contributed by atoms with Gasteiger partial charge in [0, 0.05) is 26.2 Å². The van der Waals surface area contributed by atoms with Gasteiger partial charge in [0.15, 0.2) is 6.61 Å². The van der Waals surface area contributed by atoms with Crippen molar-refractivity contribution in [2.45, 2.75) is 26.0 Å². The number of hydrogen-bond acceptors (Lipinski definition) is 4. The summed E-state index contributed by atoms with van der Waals surface area (Å²) in [6.45, 7) is 5.95. The highest BCUT2D eigenvalue weighted by atomic mass is 16.5. The lowest BCUT2D eigenvalue weighted by atomic mass is 10.2. The van der Waals surface area contributed by atoms with Crippen LogP contribution in [0.5, 0.6) is 5.75 Å². The van der Waals surface area contributed by atoms with Gasteiger partial charge >= 0.3 is 0 Å². The minimum Gasteiger partial charge on any atom is -0.484 e. The number of rotatable bonds is 8. The van der Waals surface area contributed by atoms with E-state index in [0.29, 0.717) is 18.9 Å². The molecule has 1 amide bonds. The second-order valence-corrected chi connectivity index (χ2v) is 6.80. The van der Waals surface area contributed by atoms with Crippen LogP contribution < -0.4 is 10.1 Å². The first-order valence-electron chi connectivity index (χ1n) is 9.59. The molecule has 1 saturated heterocycles. The van der Waals surface area contributed by atoms with Gasteiger partial charge in [0.25, 0.3) is 5.91 Å². The lowest BCUT2D eigenvalue weighted by Gasteiger charge is -2.33. The zero-order valence-corrected chi connectivity index (χ0v) is 15.9. The predicted octanol–water partition coefficient (Wildman–Crippen LogP) is 2.65. The molecule has 0 radical (unpaired) electrons. The number of amides is 1. The Hall–Kier alpha value is -2.37. The van der Waals surface area contributed by atoms with E-state index in [1.54, 1.807) is 0 Å². The number of aryl methyl sites for hydroxylation is 1. The zero-order chi connectivity index (χ0) is 18.9. The van der Waals surface area contributed by atoms with Crippen molar-refractivity contribution in [3.8, 4) is 5.75 Å². The largest absolute Gasteiger partial charge is 0.484 e. The summed E-state index contributed by atoms with van der Waals surface area (Å²) in [6.07, 6.45) is 0.999. The van der Waals surface area contributed by atoms with Crippen molar-refractivity contribution in [2.24, 2.45) is 0 Å². The Morgan fingerprint density at radius 1 is 1.15 bits per heavy atom. The van der Waals surface area contributed by atoms with E-state index in [4.69, 9.17) is 9.47 Å². The number of carbonyl (C=O) groups excluding carboxylic acids is 1. The van der Waals surface area contributed by atoms with Crippen molar-refractivity contribution in [1.29, 1.82) is 0 Å². The summed E-state index contributed by atoms with van der Waals surface area (Å²) in [5, 5.41) is 2.91. The Balaban J connectivity index is 1.37. The van der Waals surface area contributed by atoms with Gasteiger partial charge in [-0.15, -0.1) is 0 Å². The second-order valence-electron chi connectivity index (χ2n) is 6.80. The molecule has 27 heavy (non-hydrogen) atoms. The Morgan fingerprint density at radius 2 is 1.93 bits per heavy atom. The summed E-state index contributed by atoms with van der Waals surface area (Å²) in [6, 6.07) is 18.3.